The van der Waals surface area contributed by atoms with Crippen molar-refractivity contribution in [1.82, 2.24) is 4.72 Å². The molecule has 6 atom stereocenters. The van der Waals surface area contributed by atoms with Crippen LogP contribution in [0.5, 0.6) is 5.75 Å². The van der Waals surface area contributed by atoms with Crippen molar-refractivity contribution in [3.05, 3.63) is 70.3 Å². The van der Waals surface area contributed by atoms with Gasteiger partial charge in [0.2, 0.25) is 10.0 Å². The molecule has 0 saturated heterocycles. The summed E-state index contributed by atoms with van der Waals surface area (Å²) in [7, 11) is -3.93. The fourth-order valence-corrected chi connectivity index (χ4v) is 9.82. The Bertz CT molecular complexity index is 1510. The van der Waals surface area contributed by atoms with Gasteiger partial charge in [0.05, 0.1) is 23.6 Å². The third-order valence-electron chi connectivity index (χ3n) is 10.4. The van der Waals surface area contributed by atoms with Gasteiger partial charge in [-0.15, -0.1) is 0 Å². The number of nitrogens with one attached hydrogen (secondary N) is 1. The van der Waals surface area contributed by atoms with Gasteiger partial charge in [0, 0.05) is 29.1 Å². The Kier molecular flexibility index (Phi) is 8.57. The molecule has 2 N–H and O–H groups in total. The van der Waals surface area contributed by atoms with Gasteiger partial charge in [0.15, 0.2) is 0 Å². The first-order valence-electron chi connectivity index (χ1n) is 15.8. The van der Waals surface area contributed by atoms with E-state index in [9.17, 15) is 18.3 Å². The molecule has 232 valence electrons. The standard InChI is InChI=1S/C34H43ClN2O5S/c1-3-6-32-22(2)7-4-9-30(38)27-13-10-25(27)19-37-20-34(16-5-8-23-17-26(35)12-14-28(23)34)21-42-31-15-11-24(18-29(31)37)33(39)36-43(32,40)41/h4,9,11-12,14-15,17-18,22,25,27,30,32,38H,3,5-8,10,13,16,19-21H2,1-2H3,(H,36,39)/b9-4-/t22-,25-,27+,30-,32-,34-/m0/s1. The molecule has 0 radical (unpaired) electrons. The highest BCUT2D eigenvalue weighted by molar-refractivity contribution is 7.90. The van der Waals surface area contributed by atoms with Gasteiger partial charge in [-0.25, -0.2) is 13.1 Å². The van der Waals surface area contributed by atoms with Crippen LogP contribution >= 0.6 is 11.6 Å². The Labute approximate surface area is 260 Å². The molecule has 1 fully saturated rings. The number of rotatable bonds is 2. The van der Waals surface area contributed by atoms with Crippen LogP contribution in [0.1, 0.15) is 80.3 Å². The van der Waals surface area contributed by atoms with Crippen molar-refractivity contribution < 1.29 is 23.1 Å². The van der Waals surface area contributed by atoms with Gasteiger partial charge in [-0.3, -0.25) is 4.79 Å². The number of hydrogen-bond donors (Lipinski definition) is 2. The molecular weight excluding hydrogens is 584 g/mol. The lowest BCUT2D eigenvalue weighted by Crippen LogP contribution is -2.49. The molecule has 1 amide bonds. The van der Waals surface area contributed by atoms with Crippen LogP contribution in [0.25, 0.3) is 0 Å². The van der Waals surface area contributed by atoms with Crippen LogP contribution in [0.15, 0.2) is 48.6 Å². The summed E-state index contributed by atoms with van der Waals surface area (Å²) in [5.41, 5.74) is 3.35. The SMILES string of the molecule is CCC[C@H]1[C@@H](C)C/C=C\[C@H](O)[C@@H]2CC[C@H]2CN2C[C@@]3(CCCc4cc(Cl)ccc43)COc3ccc(cc32)C(=O)NS1(=O)=O. The van der Waals surface area contributed by atoms with Crippen molar-refractivity contribution in [1.29, 1.82) is 0 Å². The lowest BCUT2D eigenvalue weighted by Gasteiger charge is -2.45. The van der Waals surface area contributed by atoms with Crippen molar-refractivity contribution in [3.63, 3.8) is 0 Å². The fraction of sp³-hybridized carbons (Fsp3) is 0.559. The monoisotopic (exact) mass is 626 g/mol. The average molecular weight is 627 g/mol. The first-order chi connectivity index (χ1) is 20.6. The van der Waals surface area contributed by atoms with Gasteiger partial charge in [-0.1, -0.05) is 50.1 Å². The zero-order chi connectivity index (χ0) is 30.4. The first-order valence-corrected chi connectivity index (χ1v) is 17.7. The van der Waals surface area contributed by atoms with E-state index in [1.807, 2.05) is 32.1 Å². The number of sulfonamides is 1. The number of benzene rings is 2. The second kappa shape index (κ2) is 12.1. The number of halogens is 1. The van der Waals surface area contributed by atoms with E-state index in [0.717, 1.165) is 49.4 Å². The summed E-state index contributed by atoms with van der Waals surface area (Å²) in [6.07, 6.45) is 9.79. The number of fused-ring (bicyclic) bond motifs is 4. The molecule has 2 aromatic rings. The lowest BCUT2D eigenvalue weighted by molar-refractivity contribution is 0.0455. The summed E-state index contributed by atoms with van der Waals surface area (Å²) in [6, 6.07) is 11.4. The van der Waals surface area contributed by atoms with E-state index >= 15 is 0 Å². The van der Waals surface area contributed by atoms with E-state index < -0.39 is 27.3 Å². The van der Waals surface area contributed by atoms with Crippen LogP contribution in [0, 0.1) is 17.8 Å². The molecule has 0 unspecified atom stereocenters. The van der Waals surface area contributed by atoms with Crippen molar-refractivity contribution in [2.75, 3.05) is 24.6 Å². The fourth-order valence-electron chi connectivity index (χ4n) is 7.83. The Morgan fingerprint density at radius 2 is 2.02 bits per heavy atom. The number of ether oxygens (including phenoxy) is 1. The summed E-state index contributed by atoms with van der Waals surface area (Å²) in [6.45, 7) is 5.77. The predicted octanol–water partition coefficient (Wildman–Crippen LogP) is 6.02. The Morgan fingerprint density at radius 3 is 2.79 bits per heavy atom. The maximum Gasteiger partial charge on any atom is 0.264 e. The van der Waals surface area contributed by atoms with Crippen molar-refractivity contribution in [2.24, 2.45) is 17.8 Å². The van der Waals surface area contributed by atoms with Gasteiger partial charge in [0.1, 0.15) is 5.75 Å². The molecule has 2 bridgehead atoms. The number of allylic oxidation sites excluding steroid dienone is 1. The molecule has 7 nitrogen and oxygen atoms in total. The van der Waals surface area contributed by atoms with Crippen LogP contribution < -0.4 is 14.4 Å². The minimum Gasteiger partial charge on any atom is -0.490 e. The van der Waals surface area contributed by atoms with Gasteiger partial charge >= 0.3 is 0 Å². The van der Waals surface area contributed by atoms with Crippen LogP contribution in [0.4, 0.5) is 5.69 Å². The average Bonchev–Trinajstić information content (AvgIpc) is 3.10. The molecule has 1 saturated carbocycles. The third-order valence-corrected chi connectivity index (χ3v) is 12.6. The van der Waals surface area contributed by atoms with Gasteiger partial charge in [-0.2, -0.15) is 0 Å². The van der Waals surface area contributed by atoms with Gasteiger partial charge in [-0.05, 0) is 104 Å². The molecule has 2 heterocycles. The molecule has 43 heavy (non-hydrogen) atoms. The quantitative estimate of drug-likeness (QED) is 0.396. The summed E-state index contributed by atoms with van der Waals surface area (Å²) < 4.78 is 36.0. The minimum absolute atomic E-state index is 0.127. The van der Waals surface area contributed by atoms with Crippen LogP contribution in [0.2, 0.25) is 5.02 Å². The van der Waals surface area contributed by atoms with Crippen LogP contribution in [-0.2, 0) is 21.9 Å². The molecule has 2 aliphatic carbocycles. The van der Waals surface area contributed by atoms with Crippen molar-refractivity contribution in [3.8, 4) is 5.75 Å². The number of carbonyl (C=O) groups is 1. The second-order valence-electron chi connectivity index (χ2n) is 13.2. The lowest BCUT2D eigenvalue weighted by atomic mass is 9.68. The van der Waals surface area contributed by atoms with Crippen molar-refractivity contribution >= 4 is 33.2 Å². The molecule has 6 rings (SSSR count). The van der Waals surface area contributed by atoms with E-state index in [1.165, 1.54) is 11.1 Å². The van der Waals surface area contributed by atoms with Crippen LogP contribution in [-0.4, -0.2) is 50.5 Å². The van der Waals surface area contributed by atoms with E-state index in [-0.39, 0.29) is 23.2 Å². The highest BCUT2D eigenvalue weighted by Gasteiger charge is 2.44. The molecule has 2 aliphatic heterocycles. The zero-order valence-corrected chi connectivity index (χ0v) is 26.7. The number of nitrogens with zero attached hydrogens (tertiary/aromatic N) is 1. The maximum atomic E-state index is 13.5. The number of aliphatic hydroxyl groups is 1. The Hall–Kier alpha value is -2.55. The molecule has 9 heteroatoms. The predicted molar refractivity (Wildman–Crippen MR) is 170 cm³/mol. The molecule has 1 spiro atoms. The van der Waals surface area contributed by atoms with Gasteiger partial charge < -0.3 is 14.7 Å². The third kappa shape index (κ3) is 5.95. The highest BCUT2D eigenvalue weighted by atomic mass is 35.5. The molecule has 0 aromatic heterocycles. The van der Waals surface area contributed by atoms with E-state index in [1.54, 1.807) is 18.2 Å². The Balaban J connectivity index is 1.42. The number of anilines is 1. The van der Waals surface area contributed by atoms with E-state index in [4.69, 9.17) is 16.3 Å². The summed E-state index contributed by atoms with van der Waals surface area (Å²) in [5.74, 6) is 0.271. The summed E-state index contributed by atoms with van der Waals surface area (Å²) in [4.78, 5) is 15.8. The van der Waals surface area contributed by atoms with E-state index in [0.29, 0.717) is 43.7 Å². The second-order valence-corrected chi connectivity index (χ2v) is 15.6. The number of hydrogen-bond acceptors (Lipinski definition) is 6. The summed E-state index contributed by atoms with van der Waals surface area (Å²) >= 11 is 6.39. The highest BCUT2D eigenvalue weighted by Crippen LogP contribution is 2.46. The van der Waals surface area contributed by atoms with E-state index in [2.05, 4.69) is 21.8 Å². The number of aryl methyl sites for hydroxylation is 1. The number of amides is 1. The first kappa shape index (κ1) is 30.5. The molecule has 4 aliphatic rings. The zero-order valence-electron chi connectivity index (χ0n) is 25.1. The van der Waals surface area contributed by atoms with Gasteiger partial charge in [0.25, 0.3) is 5.91 Å². The number of aliphatic hydroxyl groups excluding tert-OH is 1. The Morgan fingerprint density at radius 1 is 1.19 bits per heavy atom. The normalized spacial score (nSPS) is 32.8. The smallest absolute Gasteiger partial charge is 0.264 e. The summed E-state index contributed by atoms with van der Waals surface area (Å²) in [5, 5.41) is 11.2. The molecule has 2 aromatic carbocycles. The van der Waals surface area contributed by atoms with Crippen LogP contribution in [0.3, 0.4) is 0 Å². The van der Waals surface area contributed by atoms with Crippen molar-refractivity contribution in [2.45, 2.75) is 82.0 Å². The topological polar surface area (TPSA) is 95.9 Å². The minimum atomic E-state index is -3.93. The molecular formula is C34H43ClN2O5S. The maximum absolute atomic E-state index is 13.5. The number of carbonyl (C=O) groups excluding carboxylic acids is 1. The largest absolute Gasteiger partial charge is 0.490 e.